The lowest BCUT2D eigenvalue weighted by molar-refractivity contribution is -0.223. The third-order valence-electron chi connectivity index (χ3n) is 2.61. The van der Waals surface area contributed by atoms with E-state index >= 15 is 0 Å². The van der Waals surface area contributed by atoms with E-state index in [2.05, 4.69) is 0 Å². The van der Waals surface area contributed by atoms with E-state index in [9.17, 15) is 13.2 Å². The van der Waals surface area contributed by atoms with Gasteiger partial charge in [0.1, 0.15) is 12.7 Å². The number of esters is 1. The minimum atomic E-state index is -3.55. The van der Waals surface area contributed by atoms with Gasteiger partial charge in [0.05, 0.1) is 25.0 Å². The van der Waals surface area contributed by atoms with Crippen molar-refractivity contribution in [3.05, 3.63) is 35.9 Å². The third-order valence-corrected chi connectivity index (χ3v) is 3.23. The van der Waals surface area contributed by atoms with Crippen molar-refractivity contribution in [1.29, 1.82) is 0 Å². The fourth-order valence-corrected chi connectivity index (χ4v) is 2.33. The highest BCUT2D eigenvalue weighted by molar-refractivity contribution is 7.86. The molecule has 1 saturated heterocycles. The molecule has 21 heavy (non-hydrogen) atoms. The average molecular weight is 316 g/mol. The van der Waals surface area contributed by atoms with Crippen molar-refractivity contribution in [2.75, 3.05) is 26.1 Å². The maximum Gasteiger partial charge on any atom is 0.338 e. The summed E-state index contributed by atoms with van der Waals surface area (Å²) in [6.45, 7) is 0.0422. The Balaban J connectivity index is 1.73. The molecule has 0 atom stereocenters. The normalized spacial score (nSPS) is 22.7. The zero-order valence-electron chi connectivity index (χ0n) is 11.4. The number of carbonyl (C=O) groups excluding carboxylic acids is 1. The lowest BCUT2D eigenvalue weighted by atomic mass is 10.2. The Labute approximate surface area is 122 Å². The third kappa shape index (κ3) is 5.43. The summed E-state index contributed by atoms with van der Waals surface area (Å²) in [4.78, 5) is 11.7. The summed E-state index contributed by atoms with van der Waals surface area (Å²) in [5.41, 5.74) is 0.437. The quantitative estimate of drug-likeness (QED) is 0.579. The second-order valence-corrected chi connectivity index (χ2v) is 6.08. The van der Waals surface area contributed by atoms with Crippen molar-refractivity contribution in [2.24, 2.45) is 0 Å². The van der Waals surface area contributed by atoms with E-state index in [0.717, 1.165) is 6.26 Å². The highest BCUT2D eigenvalue weighted by Crippen LogP contribution is 2.11. The molecule has 1 aliphatic rings. The molecular weight excluding hydrogens is 300 g/mol. The largest absolute Gasteiger partial charge is 0.457 e. The molecule has 0 amide bonds. The van der Waals surface area contributed by atoms with E-state index in [1.807, 2.05) is 0 Å². The van der Waals surface area contributed by atoms with Crippen molar-refractivity contribution in [3.63, 3.8) is 0 Å². The van der Waals surface area contributed by atoms with E-state index < -0.39 is 28.5 Å². The Morgan fingerprint density at radius 1 is 1.24 bits per heavy atom. The van der Waals surface area contributed by atoms with Crippen molar-refractivity contribution in [2.45, 2.75) is 12.4 Å². The fourth-order valence-electron chi connectivity index (χ4n) is 1.73. The molecule has 7 nitrogen and oxygen atoms in total. The highest BCUT2D eigenvalue weighted by atomic mass is 32.2. The van der Waals surface area contributed by atoms with Gasteiger partial charge in [0.2, 0.25) is 0 Å². The van der Waals surface area contributed by atoms with Gasteiger partial charge in [-0.15, -0.1) is 0 Å². The SMILES string of the molecule is CS(=O)(=O)O[C@H]1CO[C@@H](COC(=O)c2ccccc2)OC1. The molecule has 0 aliphatic carbocycles. The Hall–Kier alpha value is -1.48. The van der Waals surface area contributed by atoms with Crippen LogP contribution in [0.2, 0.25) is 0 Å². The van der Waals surface area contributed by atoms with Crippen LogP contribution in [0.4, 0.5) is 0 Å². The van der Waals surface area contributed by atoms with Crippen molar-refractivity contribution in [3.8, 4) is 0 Å². The zero-order valence-corrected chi connectivity index (χ0v) is 12.2. The van der Waals surface area contributed by atoms with Gasteiger partial charge >= 0.3 is 5.97 Å². The highest BCUT2D eigenvalue weighted by Gasteiger charge is 2.26. The van der Waals surface area contributed by atoms with Gasteiger partial charge < -0.3 is 14.2 Å². The van der Waals surface area contributed by atoms with Crippen LogP contribution in [-0.2, 0) is 28.5 Å². The number of ether oxygens (including phenoxy) is 3. The molecule has 1 aliphatic heterocycles. The van der Waals surface area contributed by atoms with Crippen LogP contribution < -0.4 is 0 Å². The zero-order chi connectivity index (χ0) is 15.3. The molecule has 1 aromatic carbocycles. The van der Waals surface area contributed by atoms with Gasteiger partial charge in [0.15, 0.2) is 6.29 Å². The number of rotatable bonds is 5. The van der Waals surface area contributed by atoms with E-state index in [0.29, 0.717) is 5.56 Å². The number of hydrogen-bond donors (Lipinski definition) is 0. The smallest absolute Gasteiger partial charge is 0.338 e. The summed E-state index contributed by atoms with van der Waals surface area (Å²) >= 11 is 0. The molecule has 0 N–H and O–H groups in total. The van der Waals surface area contributed by atoms with Crippen molar-refractivity contribution >= 4 is 16.1 Å². The first kappa shape index (κ1) is 15.9. The lowest BCUT2D eigenvalue weighted by Gasteiger charge is -2.28. The summed E-state index contributed by atoms with van der Waals surface area (Å²) in [7, 11) is -3.55. The Bertz CT molecular complexity index is 561. The van der Waals surface area contributed by atoms with E-state index in [1.165, 1.54) is 0 Å². The predicted octanol–water partition coefficient (Wildman–Crippen LogP) is 0.561. The summed E-state index contributed by atoms with van der Waals surface area (Å²) < 4.78 is 42.2. The Morgan fingerprint density at radius 3 is 2.43 bits per heavy atom. The number of carbonyl (C=O) groups is 1. The minimum Gasteiger partial charge on any atom is -0.457 e. The van der Waals surface area contributed by atoms with Gasteiger partial charge in [-0.05, 0) is 12.1 Å². The summed E-state index contributed by atoms with van der Waals surface area (Å²) in [6, 6.07) is 8.54. The molecular formula is C13H16O7S. The lowest BCUT2D eigenvalue weighted by Crippen LogP contribution is -2.40. The molecule has 0 radical (unpaired) electrons. The molecule has 0 aromatic heterocycles. The topological polar surface area (TPSA) is 88.1 Å². The molecule has 1 aromatic rings. The van der Waals surface area contributed by atoms with Crippen LogP contribution in [0.25, 0.3) is 0 Å². The van der Waals surface area contributed by atoms with Crippen LogP contribution >= 0.6 is 0 Å². The Kier molecular flexibility index (Phi) is 5.29. The summed E-state index contributed by atoms with van der Waals surface area (Å²) in [6.07, 6.45) is -0.445. The molecule has 1 heterocycles. The van der Waals surface area contributed by atoms with Crippen LogP contribution in [0.15, 0.2) is 30.3 Å². The van der Waals surface area contributed by atoms with E-state index in [-0.39, 0.29) is 19.8 Å². The van der Waals surface area contributed by atoms with E-state index in [1.54, 1.807) is 30.3 Å². The van der Waals surface area contributed by atoms with Crippen LogP contribution in [0.3, 0.4) is 0 Å². The molecule has 1 fully saturated rings. The standard InChI is InChI=1S/C13H16O7S/c1-21(15,16)20-11-7-17-12(18-8-11)9-19-13(14)10-5-3-2-4-6-10/h2-6,11-12H,7-9H2,1H3/t11-,12+. The number of hydrogen-bond acceptors (Lipinski definition) is 7. The first-order valence-corrected chi connectivity index (χ1v) is 8.09. The van der Waals surface area contributed by atoms with Gasteiger partial charge in [-0.3, -0.25) is 4.18 Å². The molecule has 8 heteroatoms. The van der Waals surface area contributed by atoms with Crippen LogP contribution in [0.1, 0.15) is 10.4 Å². The molecule has 0 bridgehead atoms. The molecule has 0 saturated carbocycles. The first-order valence-electron chi connectivity index (χ1n) is 6.28. The summed E-state index contributed by atoms with van der Waals surface area (Å²) in [5.74, 6) is -0.475. The minimum absolute atomic E-state index is 0.0562. The maximum atomic E-state index is 11.7. The number of benzene rings is 1. The van der Waals surface area contributed by atoms with Crippen LogP contribution in [0, 0.1) is 0 Å². The van der Waals surface area contributed by atoms with Gasteiger partial charge in [-0.2, -0.15) is 8.42 Å². The molecule has 116 valence electrons. The van der Waals surface area contributed by atoms with Gasteiger partial charge in [0, 0.05) is 0 Å². The molecule has 0 spiro atoms. The van der Waals surface area contributed by atoms with Gasteiger partial charge in [-0.1, -0.05) is 18.2 Å². The maximum absolute atomic E-state index is 11.7. The monoisotopic (exact) mass is 316 g/mol. The molecule has 2 rings (SSSR count). The van der Waals surface area contributed by atoms with Gasteiger partial charge in [-0.25, -0.2) is 4.79 Å². The molecule has 0 unspecified atom stereocenters. The van der Waals surface area contributed by atoms with E-state index in [4.69, 9.17) is 18.4 Å². The predicted molar refractivity (Wildman–Crippen MR) is 72.1 cm³/mol. The van der Waals surface area contributed by atoms with Crippen LogP contribution in [-0.4, -0.2) is 52.9 Å². The van der Waals surface area contributed by atoms with Gasteiger partial charge in [0.25, 0.3) is 10.1 Å². The first-order chi connectivity index (χ1) is 9.94. The van der Waals surface area contributed by atoms with Crippen molar-refractivity contribution < 1.29 is 31.6 Å². The summed E-state index contributed by atoms with van der Waals surface area (Å²) in [5, 5.41) is 0. The average Bonchev–Trinajstić information content (AvgIpc) is 2.45. The Morgan fingerprint density at radius 2 is 1.86 bits per heavy atom. The fraction of sp³-hybridized carbons (Fsp3) is 0.462. The second kappa shape index (κ2) is 6.99. The van der Waals surface area contributed by atoms with Crippen LogP contribution in [0.5, 0.6) is 0 Å². The van der Waals surface area contributed by atoms with Crippen molar-refractivity contribution in [1.82, 2.24) is 0 Å². The second-order valence-electron chi connectivity index (χ2n) is 4.48.